The molecule has 0 aromatic heterocycles. The number of carbonyl (C=O) groups is 3. The van der Waals surface area contributed by atoms with Crippen LogP contribution in [0.2, 0.25) is 0 Å². The summed E-state index contributed by atoms with van der Waals surface area (Å²) in [6.07, 6.45) is 20.8. The minimum Gasteiger partial charge on any atom is -0.481 e. The van der Waals surface area contributed by atoms with Gasteiger partial charge in [-0.3, -0.25) is 18.9 Å². The predicted octanol–water partition coefficient (Wildman–Crippen LogP) is 8.69. The summed E-state index contributed by atoms with van der Waals surface area (Å²) in [5.74, 6) is -1.59. The van der Waals surface area contributed by atoms with Crippen LogP contribution in [0.4, 0.5) is 0 Å². The van der Waals surface area contributed by atoms with Gasteiger partial charge in [-0.25, -0.2) is 0 Å². The Morgan fingerprint density at radius 1 is 0.630 bits per heavy atom. The number of unbranched alkanes of at least 4 members (excludes halogenated alkanes) is 17. The van der Waals surface area contributed by atoms with Gasteiger partial charge >= 0.3 is 25.5 Å². The van der Waals surface area contributed by atoms with Crippen LogP contribution in [-0.2, 0) is 37.5 Å². The van der Waals surface area contributed by atoms with Crippen molar-refractivity contribution in [1.82, 2.24) is 0 Å². The van der Waals surface area contributed by atoms with E-state index >= 15 is 0 Å². The lowest BCUT2D eigenvalue weighted by atomic mass is 10.0. The minimum absolute atomic E-state index is 0.155. The number of quaternary nitrogens is 1. The number of nitrogens with zero attached hydrogens (tertiary/aromatic N) is 1. The Bertz CT molecular complexity index is 831. The molecule has 10 nitrogen and oxygen atoms in total. The number of carboxylic acids is 1. The molecule has 0 aliphatic heterocycles. The number of aliphatic carboxylic acids is 1. The van der Waals surface area contributed by atoms with Crippen LogP contribution in [0.5, 0.6) is 0 Å². The minimum atomic E-state index is -3.40. The van der Waals surface area contributed by atoms with Crippen molar-refractivity contribution in [2.45, 2.75) is 154 Å². The van der Waals surface area contributed by atoms with E-state index in [0.29, 0.717) is 30.3 Å². The van der Waals surface area contributed by atoms with Gasteiger partial charge in [-0.2, -0.15) is 0 Å². The Morgan fingerprint density at radius 3 is 1.52 bits per heavy atom. The van der Waals surface area contributed by atoms with E-state index < -0.39 is 25.6 Å². The SMILES string of the molecule is CCCCCCCCCCCCCCCCC(=O)OC[C@H](COP(C)(=O)OCC[N+](C)(C)C)OC(=O)CCCCCCCC(=O)O. The third kappa shape index (κ3) is 32.5. The smallest absolute Gasteiger partial charge is 0.327 e. The molecule has 0 heterocycles. The van der Waals surface area contributed by atoms with Gasteiger partial charge in [-0.1, -0.05) is 110 Å². The van der Waals surface area contributed by atoms with E-state index in [4.69, 9.17) is 23.6 Å². The first kappa shape index (κ1) is 44.5. The van der Waals surface area contributed by atoms with Crippen LogP contribution in [0, 0.1) is 0 Å². The quantitative estimate of drug-likeness (QED) is 0.0314. The molecule has 0 bridgehead atoms. The Labute approximate surface area is 280 Å². The van der Waals surface area contributed by atoms with Gasteiger partial charge in [0.2, 0.25) is 0 Å². The van der Waals surface area contributed by atoms with E-state index in [1.54, 1.807) is 0 Å². The molecule has 0 aliphatic rings. The number of carboxylic acid groups (broad SMARTS) is 1. The van der Waals surface area contributed by atoms with Gasteiger partial charge in [0.05, 0.1) is 27.7 Å². The maximum atomic E-state index is 12.8. The number of carbonyl (C=O) groups excluding carboxylic acids is 2. The Kier molecular flexibility index (Phi) is 27.6. The second-order valence-corrected chi connectivity index (χ2v) is 15.8. The maximum Gasteiger partial charge on any atom is 0.327 e. The molecule has 0 aromatic carbocycles. The van der Waals surface area contributed by atoms with Crippen LogP contribution < -0.4 is 0 Å². The highest BCUT2D eigenvalue weighted by atomic mass is 31.2. The molecular formula is C35H69NO9P+. The van der Waals surface area contributed by atoms with Crippen molar-refractivity contribution in [3.8, 4) is 0 Å². The van der Waals surface area contributed by atoms with E-state index in [1.807, 2.05) is 21.1 Å². The fraction of sp³-hybridized carbons (Fsp3) is 0.914. The van der Waals surface area contributed by atoms with Gasteiger partial charge in [0.15, 0.2) is 6.10 Å². The number of rotatable bonds is 33. The Morgan fingerprint density at radius 2 is 1.07 bits per heavy atom. The van der Waals surface area contributed by atoms with Gasteiger partial charge in [0.25, 0.3) is 0 Å². The fourth-order valence-electron chi connectivity index (χ4n) is 4.90. The van der Waals surface area contributed by atoms with Crippen molar-refractivity contribution < 1.29 is 47.1 Å². The predicted molar refractivity (Wildman–Crippen MR) is 184 cm³/mol. The van der Waals surface area contributed by atoms with Crippen molar-refractivity contribution in [2.24, 2.45) is 0 Å². The van der Waals surface area contributed by atoms with Gasteiger partial charge in [0.1, 0.15) is 19.8 Å². The van der Waals surface area contributed by atoms with Crippen LogP contribution in [0.15, 0.2) is 0 Å². The lowest BCUT2D eigenvalue weighted by Crippen LogP contribution is -2.37. The highest BCUT2D eigenvalue weighted by molar-refractivity contribution is 7.52. The van der Waals surface area contributed by atoms with E-state index in [-0.39, 0.29) is 38.6 Å². The average molecular weight is 679 g/mol. The average Bonchev–Trinajstić information content (AvgIpc) is 2.97. The van der Waals surface area contributed by atoms with Gasteiger partial charge in [0, 0.05) is 25.9 Å². The summed E-state index contributed by atoms with van der Waals surface area (Å²) >= 11 is 0. The van der Waals surface area contributed by atoms with Crippen molar-refractivity contribution in [3.05, 3.63) is 0 Å². The van der Waals surface area contributed by atoms with E-state index in [1.165, 1.54) is 77.3 Å². The summed E-state index contributed by atoms with van der Waals surface area (Å²) in [6, 6.07) is 0. The molecule has 0 aromatic rings. The van der Waals surface area contributed by atoms with Gasteiger partial charge in [-0.05, 0) is 19.3 Å². The maximum absolute atomic E-state index is 12.8. The number of esters is 2. The van der Waals surface area contributed by atoms with E-state index in [0.717, 1.165) is 38.5 Å². The van der Waals surface area contributed by atoms with Crippen LogP contribution >= 0.6 is 7.60 Å². The molecule has 0 amide bonds. The van der Waals surface area contributed by atoms with Crippen molar-refractivity contribution in [3.63, 3.8) is 0 Å². The van der Waals surface area contributed by atoms with Crippen LogP contribution in [0.1, 0.15) is 148 Å². The molecule has 0 radical (unpaired) electrons. The zero-order chi connectivity index (χ0) is 34.5. The number of hydrogen-bond donors (Lipinski definition) is 1. The monoisotopic (exact) mass is 678 g/mol. The first-order valence-electron chi connectivity index (χ1n) is 18.1. The largest absolute Gasteiger partial charge is 0.481 e. The zero-order valence-corrected chi connectivity index (χ0v) is 31.0. The summed E-state index contributed by atoms with van der Waals surface area (Å²) in [4.78, 5) is 35.5. The third-order valence-electron chi connectivity index (χ3n) is 7.82. The van der Waals surface area contributed by atoms with E-state index in [2.05, 4.69) is 6.92 Å². The molecule has 0 rings (SSSR count). The first-order valence-corrected chi connectivity index (χ1v) is 20.1. The van der Waals surface area contributed by atoms with Crippen molar-refractivity contribution >= 4 is 25.5 Å². The summed E-state index contributed by atoms with van der Waals surface area (Å²) < 4.78 is 35.4. The molecule has 11 heteroatoms. The van der Waals surface area contributed by atoms with Crippen molar-refractivity contribution in [1.29, 1.82) is 0 Å². The molecule has 0 spiro atoms. The molecule has 1 unspecified atom stereocenters. The third-order valence-corrected chi connectivity index (χ3v) is 9.09. The molecule has 2 atom stereocenters. The summed E-state index contributed by atoms with van der Waals surface area (Å²) in [5.41, 5.74) is 0. The number of ether oxygens (including phenoxy) is 2. The molecule has 0 fully saturated rings. The topological polar surface area (TPSA) is 125 Å². The second kappa shape index (κ2) is 28.5. The van der Waals surface area contributed by atoms with Crippen LogP contribution in [-0.4, -0.2) is 87.8 Å². The summed E-state index contributed by atoms with van der Waals surface area (Å²) in [7, 11) is 2.61. The number of likely N-dealkylation sites (N-methyl/N-ethyl adjacent to an activating group) is 1. The zero-order valence-electron chi connectivity index (χ0n) is 30.1. The fourth-order valence-corrected chi connectivity index (χ4v) is 5.82. The molecule has 0 saturated carbocycles. The van der Waals surface area contributed by atoms with Crippen molar-refractivity contribution in [2.75, 3.05) is 54.2 Å². The Balaban J connectivity index is 4.38. The van der Waals surface area contributed by atoms with Crippen LogP contribution in [0.3, 0.4) is 0 Å². The molecule has 1 N–H and O–H groups in total. The lowest BCUT2D eigenvalue weighted by Gasteiger charge is -2.25. The molecule has 272 valence electrons. The van der Waals surface area contributed by atoms with Gasteiger partial charge in [-0.15, -0.1) is 0 Å². The second-order valence-electron chi connectivity index (χ2n) is 13.7. The Hall–Kier alpha value is -1.48. The number of hydrogen-bond acceptors (Lipinski definition) is 8. The highest BCUT2D eigenvalue weighted by Gasteiger charge is 2.24. The standard InChI is InChI=1S/C35H68NO9P/c1-6-7-8-9-10-11-12-13-14-15-16-17-20-23-26-34(39)42-30-32(31-44-46(5,41)43-29-28-36(2,3)4)45-35(40)27-24-21-18-19-22-25-33(37)38/h32H,6-31H2,1-5H3/p+1/t32-,46?/m1/s1. The molecule has 0 aliphatic carbocycles. The van der Waals surface area contributed by atoms with E-state index in [9.17, 15) is 18.9 Å². The summed E-state index contributed by atoms with van der Waals surface area (Å²) in [5, 5.41) is 8.72. The molecular weight excluding hydrogens is 609 g/mol. The molecule has 0 saturated heterocycles. The van der Waals surface area contributed by atoms with Gasteiger partial charge < -0.3 is 28.1 Å². The van der Waals surface area contributed by atoms with Crippen LogP contribution in [0.25, 0.3) is 0 Å². The lowest BCUT2D eigenvalue weighted by molar-refractivity contribution is -0.870. The molecule has 46 heavy (non-hydrogen) atoms. The highest BCUT2D eigenvalue weighted by Crippen LogP contribution is 2.43. The normalized spacial score (nSPS) is 13.7. The first-order chi connectivity index (χ1) is 21.8. The summed E-state index contributed by atoms with van der Waals surface area (Å²) in [6.45, 7) is 4.16.